The van der Waals surface area contributed by atoms with E-state index >= 15 is 0 Å². The molecule has 0 radical (unpaired) electrons. The Bertz CT molecular complexity index is 160. The highest BCUT2D eigenvalue weighted by atomic mass is 32.2. The summed E-state index contributed by atoms with van der Waals surface area (Å²) in [7, 11) is -1.13. The zero-order valence-electron chi connectivity index (χ0n) is 6.06. The number of aldehydes is 1. The van der Waals surface area contributed by atoms with E-state index in [1.807, 2.05) is 0 Å². The van der Waals surface area contributed by atoms with Crippen LogP contribution in [0.2, 0.25) is 0 Å². The molecule has 0 aromatic rings. The molecule has 0 rings (SSSR count). The van der Waals surface area contributed by atoms with E-state index < -0.39 is 16.8 Å². The van der Waals surface area contributed by atoms with Gasteiger partial charge in [-0.3, -0.25) is 9.00 Å². The van der Waals surface area contributed by atoms with E-state index in [0.29, 0.717) is 17.5 Å². The summed E-state index contributed by atoms with van der Waals surface area (Å²) in [5, 5.41) is 10.1. The van der Waals surface area contributed by atoms with Crippen LogP contribution in [0.1, 0.15) is 0 Å². The fraction of sp³-hybridized carbons (Fsp3) is 0.500. The molecule has 0 aromatic heterocycles. The van der Waals surface area contributed by atoms with Crippen molar-refractivity contribution in [1.82, 2.24) is 0 Å². The Labute approximate surface area is 67.7 Å². The van der Waals surface area contributed by atoms with Gasteiger partial charge in [0, 0.05) is 16.6 Å². The zero-order chi connectivity index (χ0) is 8.69. The Kier molecular flexibility index (Phi) is 5.91. The SMILES string of the molecule is C=CCS(=O)C[C@@H](C=O)[NH2+][O-]. The quantitative estimate of drug-likeness (QED) is 0.306. The summed E-state index contributed by atoms with van der Waals surface area (Å²) in [6.07, 6.45) is 2.01. The van der Waals surface area contributed by atoms with Crippen LogP contribution >= 0.6 is 0 Å². The van der Waals surface area contributed by atoms with Gasteiger partial charge in [0.1, 0.15) is 0 Å². The molecule has 0 aliphatic carbocycles. The molecule has 0 aliphatic heterocycles. The van der Waals surface area contributed by atoms with Gasteiger partial charge in [-0.1, -0.05) is 6.08 Å². The second kappa shape index (κ2) is 6.21. The van der Waals surface area contributed by atoms with Gasteiger partial charge < -0.3 is 10.7 Å². The summed E-state index contributed by atoms with van der Waals surface area (Å²) in [5.41, 5.74) is 0.508. The van der Waals surface area contributed by atoms with Crippen molar-refractivity contribution in [2.75, 3.05) is 11.5 Å². The topological polar surface area (TPSA) is 73.8 Å². The van der Waals surface area contributed by atoms with Crippen LogP contribution in [0.5, 0.6) is 0 Å². The highest BCUT2D eigenvalue weighted by Crippen LogP contribution is 1.84. The lowest BCUT2D eigenvalue weighted by atomic mass is 10.4. The first kappa shape index (κ1) is 10.5. The molecular weight excluding hydrogens is 166 g/mol. The van der Waals surface area contributed by atoms with Gasteiger partial charge in [0.25, 0.3) is 0 Å². The Morgan fingerprint density at radius 3 is 2.73 bits per heavy atom. The highest BCUT2D eigenvalue weighted by molar-refractivity contribution is 7.85. The van der Waals surface area contributed by atoms with Crippen LogP contribution in [-0.4, -0.2) is 28.0 Å². The minimum absolute atomic E-state index is 0.110. The van der Waals surface area contributed by atoms with Crippen molar-refractivity contribution in [2.45, 2.75) is 6.04 Å². The van der Waals surface area contributed by atoms with Crippen molar-refractivity contribution >= 4 is 17.1 Å². The Morgan fingerprint density at radius 1 is 1.73 bits per heavy atom. The van der Waals surface area contributed by atoms with E-state index in [-0.39, 0.29) is 5.75 Å². The Balaban J connectivity index is 3.70. The second-order valence-corrected chi connectivity index (χ2v) is 3.54. The molecular formula is C6H11NO3S. The molecule has 2 N–H and O–H groups in total. The van der Waals surface area contributed by atoms with Gasteiger partial charge in [-0.25, -0.2) is 0 Å². The lowest BCUT2D eigenvalue weighted by molar-refractivity contribution is -0.606. The summed E-state index contributed by atoms with van der Waals surface area (Å²) >= 11 is 0. The van der Waals surface area contributed by atoms with Crippen molar-refractivity contribution in [3.63, 3.8) is 0 Å². The van der Waals surface area contributed by atoms with Gasteiger partial charge in [-0.15, -0.1) is 6.58 Å². The summed E-state index contributed by atoms with van der Waals surface area (Å²) in [5.74, 6) is 0.442. The monoisotopic (exact) mass is 177 g/mol. The van der Waals surface area contributed by atoms with E-state index in [1.165, 1.54) is 6.08 Å². The highest BCUT2D eigenvalue weighted by Gasteiger charge is 2.09. The van der Waals surface area contributed by atoms with E-state index in [4.69, 9.17) is 0 Å². The number of quaternary nitrogens is 1. The van der Waals surface area contributed by atoms with Gasteiger partial charge in [-0.2, -0.15) is 0 Å². The van der Waals surface area contributed by atoms with E-state index in [9.17, 15) is 14.2 Å². The van der Waals surface area contributed by atoms with Crippen LogP contribution in [0.15, 0.2) is 12.7 Å². The number of carbonyl (C=O) groups is 1. The molecule has 4 nitrogen and oxygen atoms in total. The summed E-state index contributed by atoms with van der Waals surface area (Å²) in [4.78, 5) is 10.1. The molecule has 0 amide bonds. The van der Waals surface area contributed by atoms with E-state index in [2.05, 4.69) is 6.58 Å². The molecule has 64 valence electrons. The average Bonchev–Trinajstić information content (AvgIpc) is 2.01. The van der Waals surface area contributed by atoms with Crippen LogP contribution in [-0.2, 0) is 15.6 Å². The zero-order valence-corrected chi connectivity index (χ0v) is 6.88. The number of rotatable bonds is 6. The first-order valence-corrected chi connectivity index (χ1v) is 4.59. The van der Waals surface area contributed by atoms with Gasteiger partial charge >= 0.3 is 0 Å². The first-order chi connectivity index (χ1) is 5.24. The molecule has 2 atom stereocenters. The molecule has 0 bridgehead atoms. The molecule has 0 saturated carbocycles. The van der Waals surface area contributed by atoms with E-state index in [1.54, 1.807) is 0 Å². The fourth-order valence-electron chi connectivity index (χ4n) is 0.525. The van der Waals surface area contributed by atoms with Gasteiger partial charge in [0.05, 0.1) is 5.75 Å². The number of nitrogens with two attached hydrogens (primary N) is 1. The largest absolute Gasteiger partial charge is 0.635 e. The molecule has 0 aliphatic rings. The molecule has 0 heterocycles. The first-order valence-electron chi connectivity index (χ1n) is 3.11. The standard InChI is InChI=1S/C6H11NO3S/c1-2-3-11(10)5-6(4-8)7-9/h2,4,6H,1,3,5,7H2/t6-,11?/m1/s1. The summed E-state index contributed by atoms with van der Waals surface area (Å²) in [6, 6.07) is -0.726. The van der Waals surface area contributed by atoms with E-state index in [0.717, 1.165) is 0 Å². The molecule has 0 spiro atoms. The third-order valence-corrected chi connectivity index (χ3v) is 2.40. The number of carbonyl (C=O) groups excluding carboxylic acids is 1. The number of hydrogen-bond acceptors (Lipinski definition) is 3. The van der Waals surface area contributed by atoms with Crippen molar-refractivity contribution in [2.24, 2.45) is 0 Å². The lowest BCUT2D eigenvalue weighted by Gasteiger charge is -2.08. The predicted octanol–water partition coefficient (Wildman–Crippen LogP) is -1.45. The molecule has 1 unspecified atom stereocenters. The van der Waals surface area contributed by atoms with Crippen molar-refractivity contribution in [3.05, 3.63) is 17.9 Å². The van der Waals surface area contributed by atoms with Crippen LogP contribution in [0.3, 0.4) is 0 Å². The van der Waals surface area contributed by atoms with Gasteiger partial charge in [0.15, 0.2) is 12.3 Å². The minimum Gasteiger partial charge on any atom is -0.635 e. The third-order valence-electron chi connectivity index (χ3n) is 1.03. The van der Waals surface area contributed by atoms with Crippen molar-refractivity contribution in [3.8, 4) is 0 Å². The molecule has 5 heteroatoms. The van der Waals surface area contributed by atoms with Gasteiger partial charge in [0.2, 0.25) is 0 Å². The molecule has 11 heavy (non-hydrogen) atoms. The molecule has 0 aromatic carbocycles. The second-order valence-electron chi connectivity index (χ2n) is 2.00. The maximum absolute atomic E-state index is 10.9. The molecule has 0 fully saturated rings. The summed E-state index contributed by atoms with van der Waals surface area (Å²) in [6.45, 7) is 3.39. The fourth-order valence-corrected chi connectivity index (χ4v) is 1.51. The van der Waals surface area contributed by atoms with Crippen LogP contribution in [0, 0.1) is 5.21 Å². The number of hydrogen-bond donors (Lipinski definition) is 1. The smallest absolute Gasteiger partial charge is 0.178 e. The van der Waals surface area contributed by atoms with Gasteiger partial charge in [-0.05, 0) is 0 Å². The normalized spacial score (nSPS) is 15.4. The Hall–Kier alpha value is -0.520. The predicted molar refractivity (Wildman–Crippen MR) is 43.2 cm³/mol. The minimum atomic E-state index is -1.13. The van der Waals surface area contributed by atoms with Crippen molar-refractivity contribution in [1.29, 1.82) is 0 Å². The molecule has 0 saturated heterocycles. The summed E-state index contributed by atoms with van der Waals surface area (Å²) < 4.78 is 10.9. The Morgan fingerprint density at radius 2 is 2.36 bits per heavy atom. The van der Waals surface area contributed by atoms with Crippen LogP contribution in [0.25, 0.3) is 0 Å². The maximum Gasteiger partial charge on any atom is 0.178 e. The average molecular weight is 177 g/mol. The number of hydroxylamine groups is 1. The maximum atomic E-state index is 10.9. The lowest BCUT2D eigenvalue weighted by Crippen LogP contribution is -2.86. The third kappa shape index (κ3) is 4.83. The van der Waals surface area contributed by atoms with Crippen LogP contribution < -0.4 is 5.48 Å². The van der Waals surface area contributed by atoms with Crippen molar-refractivity contribution < 1.29 is 14.5 Å². The van der Waals surface area contributed by atoms with Crippen LogP contribution in [0.4, 0.5) is 0 Å².